The van der Waals surface area contributed by atoms with Crippen LogP contribution >= 0.6 is 0 Å². The van der Waals surface area contributed by atoms with E-state index < -0.39 is 0 Å². The van der Waals surface area contributed by atoms with Crippen LogP contribution < -0.4 is 5.32 Å². The number of ether oxygens (including phenoxy) is 1. The Morgan fingerprint density at radius 1 is 1.34 bits per heavy atom. The summed E-state index contributed by atoms with van der Waals surface area (Å²) in [4.78, 5) is 35.0. The molecule has 0 saturated carbocycles. The zero-order chi connectivity index (χ0) is 22.2. The van der Waals surface area contributed by atoms with Crippen molar-refractivity contribution in [3.05, 3.63) is 42.2 Å². The fourth-order valence-electron chi connectivity index (χ4n) is 5.48. The number of aryl methyl sites for hydroxylation is 1. The van der Waals surface area contributed by atoms with Crippen molar-refractivity contribution in [3.63, 3.8) is 0 Å². The number of piperidine rings is 1. The molecule has 2 aromatic rings. The Bertz CT molecular complexity index is 1040. The van der Waals surface area contributed by atoms with E-state index in [2.05, 4.69) is 11.9 Å². The van der Waals surface area contributed by atoms with Crippen LogP contribution in [0.4, 0.5) is 0 Å². The van der Waals surface area contributed by atoms with Crippen LogP contribution in [0, 0.1) is 5.92 Å². The highest BCUT2D eigenvalue weighted by Gasteiger charge is 2.46. The van der Waals surface area contributed by atoms with Gasteiger partial charge in [0.15, 0.2) is 0 Å². The van der Waals surface area contributed by atoms with Crippen molar-refractivity contribution in [2.45, 2.75) is 24.8 Å². The molecule has 170 valence electrons. The molecule has 5 rings (SSSR count). The molecule has 2 amide bonds. The first-order chi connectivity index (χ1) is 15.6. The van der Waals surface area contributed by atoms with Crippen LogP contribution in [0.3, 0.4) is 0 Å². The third-order valence-electron chi connectivity index (χ3n) is 7.19. The second-order valence-corrected chi connectivity index (χ2v) is 9.05. The molecule has 1 aromatic heterocycles. The number of carbonyl (C=O) groups is 2. The number of likely N-dealkylation sites (tertiary alicyclic amines) is 1. The summed E-state index contributed by atoms with van der Waals surface area (Å²) in [6, 6.07) is 3.82. The first kappa shape index (κ1) is 21.2. The molecule has 0 aliphatic carbocycles. The van der Waals surface area contributed by atoms with E-state index in [-0.39, 0.29) is 29.7 Å². The normalized spacial score (nSPS) is 25.9. The highest BCUT2D eigenvalue weighted by molar-refractivity contribution is 5.98. The highest BCUT2D eigenvalue weighted by Crippen LogP contribution is 2.40. The molecule has 8 heteroatoms. The number of nitrogens with one attached hydrogen (secondary N) is 1. The van der Waals surface area contributed by atoms with Crippen LogP contribution in [0.15, 0.2) is 31.1 Å². The fraction of sp³-hybridized carbons (Fsp3) is 0.542. The Hall–Kier alpha value is -2.71. The van der Waals surface area contributed by atoms with Crippen molar-refractivity contribution in [1.29, 1.82) is 0 Å². The number of rotatable bonds is 5. The number of amides is 2. The fourth-order valence-corrected chi connectivity index (χ4v) is 5.48. The van der Waals surface area contributed by atoms with Gasteiger partial charge in [0.25, 0.3) is 5.91 Å². The molecule has 3 aliphatic heterocycles. The maximum absolute atomic E-state index is 13.3. The number of fused-ring (bicyclic) bond motifs is 2. The average Bonchev–Trinajstić information content (AvgIpc) is 3.46. The van der Waals surface area contributed by atoms with Crippen LogP contribution in [0.25, 0.3) is 11.0 Å². The Morgan fingerprint density at radius 3 is 2.94 bits per heavy atom. The van der Waals surface area contributed by atoms with Gasteiger partial charge in [0, 0.05) is 44.7 Å². The zero-order valence-corrected chi connectivity index (χ0v) is 18.6. The van der Waals surface area contributed by atoms with Crippen molar-refractivity contribution in [1.82, 2.24) is 24.7 Å². The predicted octanol–water partition coefficient (Wildman–Crippen LogP) is 1.53. The Kier molecular flexibility index (Phi) is 5.73. The van der Waals surface area contributed by atoms with Crippen LogP contribution in [0.5, 0.6) is 0 Å². The molecule has 3 fully saturated rings. The predicted molar refractivity (Wildman–Crippen MR) is 121 cm³/mol. The first-order valence-electron chi connectivity index (χ1n) is 11.5. The van der Waals surface area contributed by atoms with Crippen molar-refractivity contribution < 1.29 is 14.3 Å². The quantitative estimate of drug-likeness (QED) is 0.718. The summed E-state index contributed by atoms with van der Waals surface area (Å²) >= 11 is 0. The van der Waals surface area contributed by atoms with E-state index in [0.29, 0.717) is 45.0 Å². The number of benzene rings is 1. The van der Waals surface area contributed by atoms with Gasteiger partial charge < -0.3 is 24.4 Å². The molecule has 8 nitrogen and oxygen atoms in total. The lowest BCUT2D eigenvalue weighted by Crippen LogP contribution is -2.54. The summed E-state index contributed by atoms with van der Waals surface area (Å²) in [5.74, 6) is 0.561. The molecule has 1 N–H and O–H groups in total. The maximum atomic E-state index is 13.3. The molecule has 0 bridgehead atoms. The van der Waals surface area contributed by atoms with Gasteiger partial charge in [-0.25, -0.2) is 4.98 Å². The number of imidazole rings is 1. The third kappa shape index (κ3) is 3.61. The number of hydrogen-bond acceptors (Lipinski definition) is 5. The van der Waals surface area contributed by atoms with Crippen molar-refractivity contribution in [3.8, 4) is 0 Å². The lowest BCUT2D eigenvalue weighted by atomic mass is 9.77. The molecule has 1 aromatic carbocycles. The van der Waals surface area contributed by atoms with Crippen LogP contribution in [-0.2, 0) is 16.6 Å². The first-order valence-corrected chi connectivity index (χ1v) is 11.5. The summed E-state index contributed by atoms with van der Waals surface area (Å²) in [5.41, 5.74) is 3.65. The minimum atomic E-state index is -0.170. The molecule has 3 atom stereocenters. The summed E-state index contributed by atoms with van der Waals surface area (Å²) in [6.07, 6.45) is 5.39. The minimum absolute atomic E-state index is 0.0362. The topological polar surface area (TPSA) is 79.7 Å². The van der Waals surface area contributed by atoms with Crippen LogP contribution in [0.2, 0.25) is 0 Å². The monoisotopic (exact) mass is 437 g/mol. The Morgan fingerprint density at radius 2 is 2.16 bits per heavy atom. The van der Waals surface area contributed by atoms with Gasteiger partial charge in [0.1, 0.15) is 0 Å². The molecule has 4 heterocycles. The lowest BCUT2D eigenvalue weighted by Gasteiger charge is -2.40. The van der Waals surface area contributed by atoms with Crippen LogP contribution in [0.1, 0.15) is 34.7 Å². The van der Waals surface area contributed by atoms with Gasteiger partial charge in [0.05, 0.1) is 36.6 Å². The minimum Gasteiger partial charge on any atom is -0.378 e. The smallest absolute Gasteiger partial charge is 0.254 e. The highest BCUT2D eigenvalue weighted by atomic mass is 16.5. The zero-order valence-electron chi connectivity index (χ0n) is 18.6. The molecule has 3 saturated heterocycles. The van der Waals surface area contributed by atoms with Gasteiger partial charge in [-0.3, -0.25) is 9.59 Å². The molecule has 0 radical (unpaired) electrons. The SMILES string of the molecule is C=CCCN1CC(c2cc(C(=O)N3CCOCC3)cc3c2ncn3C)C2CCNC2C1=O. The van der Waals surface area contributed by atoms with E-state index in [1.165, 1.54) is 0 Å². The standard InChI is InChI=1S/C24H31N5O3/c1-3-4-7-29-14-19(17-5-6-25-22(17)24(29)31)18-12-16(13-20-21(18)26-15-27(20)2)23(30)28-8-10-32-11-9-28/h3,12-13,15,17,19,22,25H,1,4-11,14H2,2H3. The molecule has 3 unspecified atom stereocenters. The van der Waals surface area contributed by atoms with Gasteiger partial charge in [-0.1, -0.05) is 6.08 Å². The average molecular weight is 438 g/mol. The second kappa shape index (κ2) is 8.67. The van der Waals surface area contributed by atoms with E-state index in [9.17, 15) is 9.59 Å². The lowest BCUT2D eigenvalue weighted by molar-refractivity contribution is -0.137. The van der Waals surface area contributed by atoms with Gasteiger partial charge in [-0.15, -0.1) is 6.58 Å². The van der Waals surface area contributed by atoms with E-state index in [1.54, 1.807) is 0 Å². The van der Waals surface area contributed by atoms with Crippen molar-refractivity contribution >= 4 is 22.8 Å². The number of carbonyl (C=O) groups excluding carboxylic acids is 2. The molecule has 32 heavy (non-hydrogen) atoms. The molecule has 0 spiro atoms. The molecular formula is C24H31N5O3. The number of aromatic nitrogens is 2. The summed E-state index contributed by atoms with van der Waals surface area (Å²) < 4.78 is 7.40. The van der Waals surface area contributed by atoms with Crippen molar-refractivity contribution in [2.75, 3.05) is 45.9 Å². The molecule has 3 aliphatic rings. The van der Waals surface area contributed by atoms with Crippen LogP contribution in [-0.4, -0.2) is 83.1 Å². The van der Waals surface area contributed by atoms with E-state index in [1.807, 2.05) is 46.0 Å². The number of morpholine rings is 1. The third-order valence-corrected chi connectivity index (χ3v) is 7.19. The number of hydrogen-bond donors (Lipinski definition) is 1. The largest absolute Gasteiger partial charge is 0.378 e. The molecular weight excluding hydrogens is 406 g/mol. The maximum Gasteiger partial charge on any atom is 0.254 e. The summed E-state index contributed by atoms with van der Waals surface area (Å²) in [7, 11) is 1.96. The van der Waals surface area contributed by atoms with E-state index in [0.717, 1.165) is 36.0 Å². The number of nitrogens with zero attached hydrogens (tertiary/aromatic N) is 4. The van der Waals surface area contributed by atoms with Gasteiger partial charge >= 0.3 is 0 Å². The Balaban J connectivity index is 1.56. The van der Waals surface area contributed by atoms with Gasteiger partial charge in [-0.05, 0) is 43.0 Å². The Labute approximate surface area is 188 Å². The van der Waals surface area contributed by atoms with Crippen molar-refractivity contribution in [2.24, 2.45) is 13.0 Å². The second-order valence-electron chi connectivity index (χ2n) is 9.05. The van der Waals surface area contributed by atoms with E-state index >= 15 is 0 Å². The summed E-state index contributed by atoms with van der Waals surface area (Å²) in [5, 5.41) is 3.43. The van der Waals surface area contributed by atoms with Gasteiger partial charge in [-0.2, -0.15) is 0 Å². The summed E-state index contributed by atoms with van der Waals surface area (Å²) in [6.45, 7) is 8.34. The van der Waals surface area contributed by atoms with Gasteiger partial charge in [0.2, 0.25) is 5.91 Å². The van der Waals surface area contributed by atoms with E-state index in [4.69, 9.17) is 9.72 Å².